The Morgan fingerprint density at radius 2 is 1.20 bits per heavy atom. The first-order valence-corrected chi connectivity index (χ1v) is 28.3. The summed E-state index contributed by atoms with van der Waals surface area (Å²) in [6.45, 7) is 36.4. The number of furan rings is 1. The minimum atomic E-state index is -0.0803. The summed E-state index contributed by atoms with van der Waals surface area (Å²) in [5.41, 5.74) is 24.7. The van der Waals surface area contributed by atoms with Gasteiger partial charge in [0.05, 0.1) is 11.3 Å². The maximum absolute atomic E-state index is 7.71. The SMILES string of the molecule is CCCCC(C)(C)c1ccc(N2c3cc(C(C)(C)C)ccc3B3c4oc5cc6c(cc5c4N(c4ccc5c(c4)C(C)(C)CCC5(C)C)c4cc(C5CCCCC5)cc2c43)C(C)(C)CCC6(C)C)cc1CC. The molecule has 0 spiro atoms. The number of hydrogen-bond donors (Lipinski definition) is 0. The molecule has 0 saturated heterocycles. The lowest BCUT2D eigenvalue weighted by Crippen LogP contribution is -2.61. The van der Waals surface area contributed by atoms with Gasteiger partial charge >= 0.3 is 0 Å². The van der Waals surface area contributed by atoms with Crippen molar-refractivity contribution < 1.29 is 4.42 Å². The topological polar surface area (TPSA) is 19.6 Å². The van der Waals surface area contributed by atoms with Crippen molar-refractivity contribution in [3.63, 3.8) is 0 Å². The molecule has 4 heteroatoms. The first kappa shape index (κ1) is 48.6. The van der Waals surface area contributed by atoms with Crippen molar-refractivity contribution in [3.8, 4) is 0 Å². The van der Waals surface area contributed by atoms with E-state index in [1.165, 1.54) is 172 Å². The van der Waals surface area contributed by atoms with E-state index in [0.29, 0.717) is 5.92 Å². The standard InChI is InChI=1S/C67H85BN2O/c1-16-18-30-63(6,7)49-27-25-46(35-42(49)17-2)69-55-38-45(62(3,4)5)24-29-54(55)68-59-56(69)36-44(43-22-20-19-21-23-43)37-57(59)70(47-26-28-50-51(39-47)65(10,11)32-31-64(50,8)9)60-48-40-52-53(41-58(48)71-61(60)68)67(14,15)34-33-66(52,12)13/h24-29,35-41,43H,16-23,30-34H2,1-15H3. The first-order valence-electron chi connectivity index (χ1n) is 28.3. The third-order valence-electron chi connectivity index (χ3n) is 19.3. The summed E-state index contributed by atoms with van der Waals surface area (Å²) in [5, 5.41) is 1.25. The van der Waals surface area contributed by atoms with Crippen LogP contribution < -0.4 is 26.4 Å². The molecule has 5 aliphatic rings. The third-order valence-corrected chi connectivity index (χ3v) is 19.3. The predicted octanol–water partition coefficient (Wildman–Crippen LogP) is 17.6. The van der Waals surface area contributed by atoms with Gasteiger partial charge in [0.1, 0.15) is 5.58 Å². The van der Waals surface area contributed by atoms with Gasteiger partial charge in [0.25, 0.3) is 6.71 Å². The largest absolute Gasteiger partial charge is 0.468 e. The van der Waals surface area contributed by atoms with Crippen LogP contribution in [0.1, 0.15) is 231 Å². The van der Waals surface area contributed by atoms with Crippen molar-refractivity contribution in [1.29, 1.82) is 0 Å². The van der Waals surface area contributed by atoms with Gasteiger partial charge in [0.2, 0.25) is 0 Å². The summed E-state index contributed by atoms with van der Waals surface area (Å²) in [7, 11) is 0. The van der Waals surface area contributed by atoms with Crippen LogP contribution in [0.3, 0.4) is 0 Å². The van der Waals surface area contributed by atoms with Gasteiger partial charge in [-0.25, -0.2) is 0 Å². The smallest absolute Gasteiger partial charge is 0.297 e. The summed E-state index contributed by atoms with van der Waals surface area (Å²) < 4.78 is 7.71. The van der Waals surface area contributed by atoms with Gasteiger partial charge in [0, 0.05) is 33.8 Å². The lowest BCUT2D eigenvalue weighted by molar-refractivity contribution is 0.332. The highest BCUT2D eigenvalue weighted by Crippen LogP contribution is 2.54. The van der Waals surface area contributed by atoms with E-state index in [2.05, 4.69) is 193 Å². The normalized spacial score (nSPS) is 19.8. The van der Waals surface area contributed by atoms with Crippen LogP contribution in [0.15, 0.2) is 83.3 Å². The molecule has 0 radical (unpaired) electrons. The molecule has 0 N–H and O–H groups in total. The lowest BCUT2D eigenvalue weighted by Gasteiger charge is -2.45. The van der Waals surface area contributed by atoms with E-state index in [0.717, 1.165) is 17.7 Å². The third kappa shape index (κ3) is 7.79. The molecule has 6 aromatic rings. The van der Waals surface area contributed by atoms with Gasteiger partial charge in [0.15, 0.2) is 0 Å². The van der Waals surface area contributed by atoms with Gasteiger partial charge in [-0.1, -0.05) is 160 Å². The molecule has 0 bridgehead atoms. The minimum absolute atomic E-state index is 0.0286. The predicted molar refractivity (Wildman–Crippen MR) is 307 cm³/mol. The van der Waals surface area contributed by atoms with Crippen molar-refractivity contribution >= 4 is 68.4 Å². The van der Waals surface area contributed by atoms with Crippen molar-refractivity contribution in [2.24, 2.45) is 0 Å². The Hall–Kier alpha value is -4.70. The molecule has 2 aliphatic heterocycles. The van der Waals surface area contributed by atoms with Crippen LogP contribution in [0.25, 0.3) is 11.0 Å². The molecule has 5 aromatic carbocycles. The van der Waals surface area contributed by atoms with Crippen molar-refractivity contribution in [1.82, 2.24) is 0 Å². The maximum atomic E-state index is 7.71. The second-order valence-electron chi connectivity index (χ2n) is 27.6. The first-order chi connectivity index (χ1) is 33.5. The highest BCUT2D eigenvalue weighted by atomic mass is 16.3. The quantitative estimate of drug-likeness (QED) is 0.142. The number of aryl methyl sites for hydroxylation is 1. The number of benzene rings is 5. The van der Waals surface area contributed by atoms with Crippen LogP contribution in [0.2, 0.25) is 0 Å². The van der Waals surface area contributed by atoms with E-state index in [1.807, 2.05) is 0 Å². The summed E-state index contributed by atoms with van der Waals surface area (Å²) in [5.74, 6) is 0.517. The molecule has 0 amide bonds. The average molecular weight is 945 g/mol. The molecule has 0 atom stereocenters. The highest BCUT2D eigenvalue weighted by molar-refractivity contribution is 7.00. The Morgan fingerprint density at radius 1 is 0.606 bits per heavy atom. The van der Waals surface area contributed by atoms with Crippen molar-refractivity contribution in [2.75, 3.05) is 9.80 Å². The number of rotatable bonds is 8. The van der Waals surface area contributed by atoms with Gasteiger partial charge in [-0.15, -0.1) is 0 Å². The number of unbranched alkanes of at least 4 members (excludes halogenated alkanes) is 1. The van der Waals surface area contributed by atoms with Crippen LogP contribution in [-0.4, -0.2) is 6.71 Å². The zero-order valence-electron chi connectivity index (χ0n) is 46.7. The fourth-order valence-electron chi connectivity index (χ4n) is 14.4. The molecule has 71 heavy (non-hydrogen) atoms. The summed E-state index contributed by atoms with van der Waals surface area (Å²) in [6.07, 6.45) is 15.8. The molecule has 1 saturated carbocycles. The molecule has 11 rings (SSSR count). The van der Waals surface area contributed by atoms with Crippen LogP contribution in [0.5, 0.6) is 0 Å². The van der Waals surface area contributed by atoms with Crippen LogP contribution in [0, 0.1) is 0 Å². The highest BCUT2D eigenvalue weighted by Gasteiger charge is 2.49. The molecule has 372 valence electrons. The van der Waals surface area contributed by atoms with E-state index in [9.17, 15) is 0 Å². The van der Waals surface area contributed by atoms with Gasteiger partial charge in [-0.2, -0.15) is 0 Å². The minimum Gasteiger partial charge on any atom is -0.468 e. The fourth-order valence-corrected chi connectivity index (χ4v) is 14.4. The fraction of sp³-hybridized carbons (Fsp3) is 0.522. The van der Waals surface area contributed by atoms with Crippen molar-refractivity contribution in [3.05, 3.63) is 123 Å². The van der Waals surface area contributed by atoms with E-state index >= 15 is 0 Å². The molecular weight excluding hydrogens is 860 g/mol. The number of hydrogen-bond acceptors (Lipinski definition) is 3. The number of anilines is 6. The summed E-state index contributed by atoms with van der Waals surface area (Å²) in [4.78, 5) is 5.43. The molecule has 3 nitrogen and oxygen atoms in total. The van der Waals surface area contributed by atoms with Crippen molar-refractivity contribution in [2.45, 2.75) is 226 Å². The average Bonchev–Trinajstić information content (AvgIpc) is 3.71. The van der Waals surface area contributed by atoms with Gasteiger partial charge in [-0.05, 0) is 200 Å². The maximum Gasteiger partial charge on any atom is 0.297 e. The van der Waals surface area contributed by atoms with E-state index in [4.69, 9.17) is 4.42 Å². The number of fused-ring (bicyclic) bond motifs is 8. The zero-order valence-corrected chi connectivity index (χ0v) is 46.7. The van der Waals surface area contributed by atoms with Crippen LogP contribution in [0.4, 0.5) is 34.1 Å². The van der Waals surface area contributed by atoms with Crippen LogP contribution in [-0.2, 0) is 38.9 Å². The molecule has 3 heterocycles. The Kier molecular flexibility index (Phi) is 11.4. The van der Waals surface area contributed by atoms with Crippen LogP contribution >= 0.6 is 0 Å². The Bertz CT molecular complexity index is 3090. The molecule has 1 aromatic heterocycles. The zero-order chi connectivity index (χ0) is 50.4. The van der Waals surface area contributed by atoms with E-state index in [1.54, 1.807) is 0 Å². The van der Waals surface area contributed by atoms with E-state index < -0.39 is 0 Å². The molecule has 1 fully saturated rings. The summed E-state index contributed by atoms with van der Waals surface area (Å²) in [6, 6.07) is 33.0. The number of nitrogens with zero attached hydrogens (tertiary/aromatic N) is 2. The Labute approximate surface area is 429 Å². The second kappa shape index (κ2) is 16.7. The second-order valence-corrected chi connectivity index (χ2v) is 27.6. The van der Waals surface area contributed by atoms with E-state index in [-0.39, 0.29) is 39.2 Å². The molecule has 3 aliphatic carbocycles. The molecular formula is C67H85BN2O. The van der Waals surface area contributed by atoms with Gasteiger partial charge in [-0.3, -0.25) is 0 Å². The Morgan fingerprint density at radius 3 is 1.83 bits per heavy atom. The van der Waals surface area contributed by atoms with Gasteiger partial charge < -0.3 is 14.2 Å². The molecule has 0 unspecified atom stereocenters. The summed E-state index contributed by atoms with van der Waals surface area (Å²) >= 11 is 0. The lowest BCUT2D eigenvalue weighted by atomic mass is 9.35. The Balaban J connectivity index is 1.26. The monoisotopic (exact) mass is 945 g/mol.